The van der Waals surface area contributed by atoms with Crippen molar-refractivity contribution >= 4 is 23.7 Å². The minimum atomic E-state index is -4.77. The summed E-state index contributed by atoms with van der Waals surface area (Å²) in [5.74, 6) is 4.48. The number of aromatic nitrogens is 2. The van der Waals surface area contributed by atoms with E-state index in [9.17, 15) is 22.8 Å². The minimum Gasteiger partial charge on any atom is -0.461 e. The van der Waals surface area contributed by atoms with E-state index in [0.717, 1.165) is 10.7 Å². The fourth-order valence-electron chi connectivity index (χ4n) is 3.61. The Morgan fingerprint density at radius 3 is 2.36 bits per heavy atom. The standard InChI is InChI=1S/C28H27ClF3N3O4/c1-6-38-25(36)23-17(2)24(19-10-12-20(29)13-11-19)35(34-23)22-14-9-18(16-21(22)28(30,31)32)8-7-15-33-26(37)39-27(3,4)5/h9-14,16H,6,15H2,1-5H3,(H,33,37). The predicted molar refractivity (Wildman–Crippen MR) is 141 cm³/mol. The molecule has 0 radical (unpaired) electrons. The number of hydrogen-bond acceptors (Lipinski definition) is 5. The first-order valence-electron chi connectivity index (χ1n) is 11.9. The molecular weight excluding hydrogens is 535 g/mol. The molecule has 0 spiro atoms. The number of nitrogens with one attached hydrogen (secondary N) is 1. The average molecular weight is 562 g/mol. The van der Waals surface area contributed by atoms with E-state index in [1.807, 2.05) is 0 Å². The van der Waals surface area contributed by atoms with E-state index in [1.165, 1.54) is 12.1 Å². The van der Waals surface area contributed by atoms with Gasteiger partial charge in [0.05, 0.1) is 30.1 Å². The Balaban J connectivity index is 2.07. The first-order chi connectivity index (χ1) is 18.2. The first-order valence-corrected chi connectivity index (χ1v) is 12.3. The molecule has 1 heterocycles. The molecule has 3 rings (SSSR count). The molecule has 0 atom stereocenters. The smallest absolute Gasteiger partial charge is 0.418 e. The highest BCUT2D eigenvalue weighted by Gasteiger charge is 2.36. The molecule has 11 heteroatoms. The van der Waals surface area contributed by atoms with E-state index in [2.05, 4.69) is 22.3 Å². The Morgan fingerprint density at radius 1 is 1.10 bits per heavy atom. The van der Waals surface area contributed by atoms with Gasteiger partial charge < -0.3 is 14.8 Å². The van der Waals surface area contributed by atoms with Crippen LogP contribution < -0.4 is 5.32 Å². The molecule has 1 amide bonds. The van der Waals surface area contributed by atoms with Crippen molar-refractivity contribution in [2.24, 2.45) is 0 Å². The Kier molecular flexibility index (Phi) is 8.97. The number of hydrogen-bond donors (Lipinski definition) is 1. The van der Waals surface area contributed by atoms with Gasteiger partial charge in [-0.05, 0) is 65.0 Å². The monoisotopic (exact) mass is 561 g/mol. The highest BCUT2D eigenvalue weighted by Crippen LogP contribution is 2.38. The SMILES string of the molecule is CCOC(=O)c1nn(-c2ccc(C#CCNC(=O)OC(C)(C)C)cc2C(F)(F)F)c(-c2ccc(Cl)cc2)c1C. The third kappa shape index (κ3) is 7.54. The van der Waals surface area contributed by atoms with Gasteiger partial charge in [0.1, 0.15) is 5.60 Å². The number of benzene rings is 2. The van der Waals surface area contributed by atoms with Gasteiger partial charge in [-0.2, -0.15) is 18.3 Å². The van der Waals surface area contributed by atoms with Gasteiger partial charge in [0.25, 0.3) is 0 Å². The van der Waals surface area contributed by atoms with Crippen LogP contribution >= 0.6 is 11.6 Å². The van der Waals surface area contributed by atoms with Crippen molar-refractivity contribution in [1.29, 1.82) is 0 Å². The van der Waals surface area contributed by atoms with E-state index >= 15 is 0 Å². The maximum absolute atomic E-state index is 14.3. The molecule has 0 aliphatic carbocycles. The molecule has 7 nitrogen and oxygen atoms in total. The van der Waals surface area contributed by atoms with E-state index in [1.54, 1.807) is 58.9 Å². The fraction of sp³-hybridized carbons (Fsp3) is 0.321. The van der Waals surface area contributed by atoms with Crippen LogP contribution in [0.4, 0.5) is 18.0 Å². The van der Waals surface area contributed by atoms with Crippen LogP contribution in [-0.2, 0) is 15.7 Å². The van der Waals surface area contributed by atoms with Crippen LogP contribution in [0.3, 0.4) is 0 Å². The normalized spacial score (nSPS) is 11.4. The van der Waals surface area contributed by atoms with Crippen molar-refractivity contribution < 1.29 is 32.2 Å². The number of halogens is 4. The maximum atomic E-state index is 14.3. The number of alkyl halides is 3. The molecule has 3 aromatic rings. The van der Waals surface area contributed by atoms with Gasteiger partial charge in [-0.25, -0.2) is 14.3 Å². The summed E-state index contributed by atoms with van der Waals surface area (Å²) >= 11 is 6.00. The number of carbonyl (C=O) groups is 2. The second-order valence-electron chi connectivity index (χ2n) is 9.35. The zero-order chi connectivity index (χ0) is 29.0. The average Bonchev–Trinajstić information content (AvgIpc) is 3.18. The van der Waals surface area contributed by atoms with Crippen LogP contribution in [0.5, 0.6) is 0 Å². The number of rotatable bonds is 5. The van der Waals surface area contributed by atoms with Crippen molar-refractivity contribution in [3.8, 4) is 28.8 Å². The lowest BCUT2D eigenvalue weighted by molar-refractivity contribution is -0.137. The molecule has 1 N–H and O–H groups in total. The van der Waals surface area contributed by atoms with Gasteiger partial charge >= 0.3 is 18.2 Å². The number of amides is 1. The maximum Gasteiger partial charge on any atom is 0.418 e. The molecule has 0 aliphatic rings. The summed E-state index contributed by atoms with van der Waals surface area (Å²) in [6.07, 6.45) is -5.47. The summed E-state index contributed by atoms with van der Waals surface area (Å²) in [7, 11) is 0. The summed E-state index contributed by atoms with van der Waals surface area (Å²) in [5.41, 5.74) is -0.915. The Hall–Kier alpha value is -3.97. The molecular formula is C28H27ClF3N3O4. The number of esters is 1. The largest absolute Gasteiger partial charge is 0.461 e. The van der Waals surface area contributed by atoms with E-state index in [4.69, 9.17) is 21.1 Å². The van der Waals surface area contributed by atoms with Crippen molar-refractivity contribution in [1.82, 2.24) is 15.1 Å². The quantitative estimate of drug-likeness (QED) is 0.281. The second kappa shape index (κ2) is 11.8. The van der Waals surface area contributed by atoms with Gasteiger partial charge in [0, 0.05) is 21.7 Å². The molecule has 0 aliphatic heterocycles. The molecule has 0 saturated heterocycles. The summed E-state index contributed by atoms with van der Waals surface area (Å²) in [6.45, 7) is 8.26. The summed E-state index contributed by atoms with van der Waals surface area (Å²) in [6, 6.07) is 9.96. The Morgan fingerprint density at radius 2 is 1.77 bits per heavy atom. The van der Waals surface area contributed by atoms with Crippen molar-refractivity contribution in [2.45, 2.75) is 46.4 Å². The molecule has 0 bridgehead atoms. The Bertz CT molecular complexity index is 1430. The van der Waals surface area contributed by atoms with Gasteiger partial charge in [-0.3, -0.25) is 0 Å². The number of carbonyl (C=O) groups excluding carboxylic acids is 2. The zero-order valence-electron chi connectivity index (χ0n) is 22.0. The summed E-state index contributed by atoms with van der Waals surface area (Å²) < 4.78 is 54.0. The highest BCUT2D eigenvalue weighted by atomic mass is 35.5. The lowest BCUT2D eigenvalue weighted by atomic mass is 10.0. The van der Waals surface area contributed by atoms with Crippen LogP contribution in [0.1, 0.15) is 54.9 Å². The molecule has 206 valence electrons. The fourth-order valence-corrected chi connectivity index (χ4v) is 3.74. The van der Waals surface area contributed by atoms with Crippen molar-refractivity contribution in [2.75, 3.05) is 13.2 Å². The summed E-state index contributed by atoms with van der Waals surface area (Å²) in [4.78, 5) is 24.3. The number of ether oxygens (including phenoxy) is 2. The first kappa shape index (κ1) is 29.6. The lowest BCUT2D eigenvalue weighted by Crippen LogP contribution is -2.32. The Labute approximate surface area is 229 Å². The number of nitrogens with zero attached hydrogens (tertiary/aromatic N) is 2. The zero-order valence-corrected chi connectivity index (χ0v) is 22.8. The van der Waals surface area contributed by atoms with Crippen LogP contribution in [0.15, 0.2) is 42.5 Å². The van der Waals surface area contributed by atoms with Gasteiger partial charge in [-0.1, -0.05) is 35.6 Å². The van der Waals surface area contributed by atoms with Crippen molar-refractivity contribution in [3.63, 3.8) is 0 Å². The molecule has 0 fully saturated rings. The molecule has 2 aromatic carbocycles. The van der Waals surface area contributed by atoms with Gasteiger partial charge in [-0.15, -0.1) is 0 Å². The van der Waals surface area contributed by atoms with Gasteiger partial charge in [0.2, 0.25) is 0 Å². The van der Waals surface area contributed by atoms with E-state index in [-0.39, 0.29) is 35.8 Å². The van der Waals surface area contributed by atoms with E-state index in [0.29, 0.717) is 16.1 Å². The van der Waals surface area contributed by atoms with Crippen LogP contribution in [0.2, 0.25) is 5.02 Å². The molecule has 0 unspecified atom stereocenters. The predicted octanol–water partition coefficient (Wildman–Crippen LogP) is 6.57. The van der Waals surface area contributed by atoms with Gasteiger partial charge in [0.15, 0.2) is 5.69 Å². The van der Waals surface area contributed by atoms with Crippen LogP contribution in [-0.4, -0.2) is 40.6 Å². The van der Waals surface area contributed by atoms with Crippen molar-refractivity contribution in [3.05, 3.63) is 69.9 Å². The third-order valence-corrected chi connectivity index (χ3v) is 5.44. The molecule has 0 saturated carbocycles. The lowest BCUT2D eigenvalue weighted by Gasteiger charge is -2.19. The molecule has 1 aromatic heterocycles. The number of alkyl carbamates (subject to hydrolysis) is 1. The highest BCUT2D eigenvalue weighted by molar-refractivity contribution is 6.30. The van der Waals surface area contributed by atoms with Crippen LogP contribution in [0.25, 0.3) is 16.9 Å². The van der Waals surface area contributed by atoms with Crippen LogP contribution in [0, 0.1) is 18.8 Å². The third-order valence-electron chi connectivity index (χ3n) is 5.19. The van der Waals surface area contributed by atoms with E-state index < -0.39 is 29.4 Å². The summed E-state index contributed by atoms with van der Waals surface area (Å²) in [5, 5.41) is 7.10. The topological polar surface area (TPSA) is 82.5 Å². The minimum absolute atomic E-state index is 0.0691. The second-order valence-corrected chi connectivity index (χ2v) is 9.78. The molecule has 39 heavy (non-hydrogen) atoms.